The van der Waals surface area contributed by atoms with Gasteiger partial charge in [0.2, 0.25) is 5.78 Å². The van der Waals surface area contributed by atoms with E-state index in [1.54, 1.807) is 48.5 Å². The molecule has 0 aromatic rings. The molecular weight excluding hydrogens is 466 g/mol. The van der Waals surface area contributed by atoms with Gasteiger partial charge in [-0.1, -0.05) is 0 Å². The fourth-order valence-electron chi connectivity index (χ4n) is 2.62. The van der Waals surface area contributed by atoms with Crippen LogP contribution >= 0.6 is 0 Å². The van der Waals surface area contributed by atoms with E-state index in [-0.39, 0.29) is 78.0 Å². The predicted molar refractivity (Wildman–Crippen MR) is 127 cm³/mol. The van der Waals surface area contributed by atoms with Crippen LogP contribution in [-0.2, 0) is 14.3 Å². The first kappa shape index (κ1) is 37.7. The van der Waals surface area contributed by atoms with Crippen LogP contribution in [0.5, 0.6) is 0 Å². The van der Waals surface area contributed by atoms with Gasteiger partial charge in [0.05, 0.1) is 13.1 Å². The molecule has 3 atom stereocenters. The molecule has 2 saturated heterocycles. The Labute approximate surface area is 234 Å². The number of rotatable bonds is 0. The number of β-amino-alcohol motifs (C(OH)–C–C–N with tert-alkyl or cyclic N) is 1. The van der Waals surface area contributed by atoms with Crippen molar-refractivity contribution < 1.29 is 65.1 Å². The number of amides is 2. The van der Waals surface area contributed by atoms with Gasteiger partial charge in [-0.15, -0.1) is 0 Å². The molecule has 2 amide bonds. The largest absolute Gasteiger partial charge is 1.00 e. The summed E-state index contributed by atoms with van der Waals surface area (Å²) in [5.74, 6) is -0.212. The average molecular weight is 503 g/mol. The van der Waals surface area contributed by atoms with Gasteiger partial charge in [-0.25, -0.2) is 22.7 Å². The quantitative estimate of drug-likeness (QED) is 0.312. The molecule has 35 heavy (non-hydrogen) atoms. The number of Topliss-reactive ketones (excluding diaryl/α,β-unsaturated/α-hetero) is 1. The van der Waals surface area contributed by atoms with E-state index in [1.807, 2.05) is 0 Å². The molecule has 2 heterocycles. The van der Waals surface area contributed by atoms with Gasteiger partial charge in [-0.3, -0.25) is 14.6 Å². The zero-order valence-corrected chi connectivity index (χ0v) is 24.1. The first-order chi connectivity index (χ1) is 15.1. The Bertz CT molecular complexity index is 778. The number of aliphatic hydroxyl groups excluding tert-OH is 2. The summed E-state index contributed by atoms with van der Waals surface area (Å²) < 4.78 is 10.2. The third-order valence-electron chi connectivity index (χ3n) is 4.00. The first-order valence-electron chi connectivity index (χ1n) is 10.6. The van der Waals surface area contributed by atoms with Crippen LogP contribution < -0.4 is 29.6 Å². The second-order valence-corrected chi connectivity index (χ2v) is 9.44. The normalized spacial score (nSPS) is 20.9. The monoisotopic (exact) mass is 503 g/mol. The molecule has 11 nitrogen and oxygen atoms in total. The summed E-state index contributed by atoms with van der Waals surface area (Å²) in [6.45, 7) is 26.7. The molecule has 2 aliphatic heterocycles. The molecule has 13 heteroatoms. The molecule has 3 radical (unpaired) electrons. The SMILES string of the molecule is CCO.[B].[C-]#[N+]C1CN(C(=O)OC(C)(C)C)CC1=O.[C-]#[N+]C1CN(C(=O)OC(C)(C)C)CC1O.[H-].[Na+]. The smallest absolute Gasteiger partial charge is 1.00 e. The molecule has 2 N–H and O–H groups in total. The van der Waals surface area contributed by atoms with E-state index in [0.717, 1.165) is 0 Å². The van der Waals surface area contributed by atoms with Crippen LogP contribution in [0.4, 0.5) is 9.59 Å². The maximum atomic E-state index is 11.6. The van der Waals surface area contributed by atoms with Crippen LogP contribution in [0, 0.1) is 13.1 Å². The topological polar surface area (TPSA) is 125 Å². The van der Waals surface area contributed by atoms with Crippen molar-refractivity contribution in [3.05, 3.63) is 22.8 Å². The molecule has 0 aromatic heterocycles. The number of carbonyl (C=O) groups excluding carboxylic acids is 3. The summed E-state index contributed by atoms with van der Waals surface area (Å²) in [6.07, 6.45) is -1.75. The van der Waals surface area contributed by atoms with Crippen molar-refractivity contribution >= 4 is 26.4 Å². The van der Waals surface area contributed by atoms with Crippen LogP contribution in [-0.4, -0.2) is 109 Å². The summed E-state index contributed by atoms with van der Waals surface area (Å²) in [7, 11) is 0. The standard InChI is InChI=1S/C10H16N2O3.C10H14N2O3.C2H6O.B.Na.H/c2*1-10(2,3)15-9(14)12-5-7(11-4)8(13)6-12;1-2-3;;;/h7-8,13H,5-6H2,1-3H3;7H,5-6H2,1-3H3;3H,2H2,1H3;;;/q;;;;+1;-1. The summed E-state index contributed by atoms with van der Waals surface area (Å²) >= 11 is 0. The number of nitrogens with zero attached hydrogens (tertiary/aromatic N) is 4. The second-order valence-electron chi connectivity index (χ2n) is 9.44. The summed E-state index contributed by atoms with van der Waals surface area (Å²) in [4.78, 5) is 43.3. The fourth-order valence-corrected chi connectivity index (χ4v) is 2.62. The van der Waals surface area contributed by atoms with Crippen LogP contribution in [0.3, 0.4) is 0 Å². The summed E-state index contributed by atoms with van der Waals surface area (Å²) in [5, 5.41) is 17.0. The maximum absolute atomic E-state index is 11.6. The third-order valence-corrected chi connectivity index (χ3v) is 4.00. The third kappa shape index (κ3) is 15.0. The molecule has 3 unspecified atom stereocenters. The van der Waals surface area contributed by atoms with Gasteiger partial charge in [0, 0.05) is 15.0 Å². The van der Waals surface area contributed by atoms with E-state index >= 15 is 0 Å². The van der Waals surface area contributed by atoms with Crippen LogP contribution in [0.15, 0.2) is 0 Å². The van der Waals surface area contributed by atoms with Crippen molar-refractivity contribution in [2.45, 2.75) is 77.9 Å². The Morgan fingerprint density at radius 3 is 1.74 bits per heavy atom. The maximum Gasteiger partial charge on any atom is 1.00 e. The van der Waals surface area contributed by atoms with E-state index < -0.39 is 41.6 Å². The van der Waals surface area contributed by atoms with Gasteiger partial charge in [0.25, 0.3) is 12.1 Å². The number of ether oxygens (including phenoxy) is 2. The number of hydrogen-bond acceptors (Lipinski definition) is 7. The summed E-state index contributed by atoms with van der Waals surface area (Å²) in [5.41, 5.74) is -1.12. The van der Waals surface area contributed by atoms with Gasteiger partial charge in [0.15, 0.2) is 0 Å². The Morgan fingerprint density at radius 2 is 1.43 bits per heavy atom. The van der Waals surface area contributed by atoms with Crippen molar-refractivity contribution in [1.29, 1.82) is 0 Å². The molecule has 191 valence electrons. The van der Waals surface area contributed by atoms with E-state index in [4.69, 9.17) is 27.7 Å². The minimum atomic E-state index is -0.755. The van der Waals surface area contributed by atoms with Crippen molar-refractivity contribution in [2.24, 2.45) is 0 Å². The molecule has 0 aliphatic carbocycles. The van der Waals surface area contributed by atoms with Gasteiger partial charge < -0.3 is 30.8 Å². The van der Waals surface area contributed by atoms with Crippen molar-refractivity contribution in [2.75, 3.05) is 32.8 Å². The first-order valence-corrected chi connectivity index (χ1v) is 10.6. The van der Waals surface area contributed by atoms with Crippen LogP contribution in [0.2, 0.25) is 0 Å². The average Bonchev–Trinajstić information content (AvgIpc) is 3.22. The number of hydrogen-bond donors (Lipinski definition) is 2. The van der Waals surface area contributed by atoms with Gasteiger partial charge >= 0.3 is 41.7 Å². The van der Waals surface area contributed by atoms with Crippen molar-refractivity contribution in [3.8, 4) is 0 Å². The molecule has 0 saturated carbocycles. The van der Waals surface area contributed by atoms with E-state index in [9.17, 15) is 19.5 Å². The molecular formula is C22H37BN4NaO7. The Kier molecular flexibility index (Phi) is 18.1. The summed E-state index contributed by atoms with van der Waals surface area (Å²) in [6, 6.07) is -1.23. The van der Waals surface area contributed by atoms with E-state index in [1.165, 1.54) is 9.80 Å². The number of aliphatic hydroxyl groups is 2. The number of ketones is 1. The van der Waals surface area contributed by atoms with Crippen molar-refractivity contribution in [1.82, 2.24) is 9.80 Å². The van der Waals surface area contributed by atoms with E-state index in [2.05, 4.69) is 9.69 Å². The Balaban J connectivity index is -0.000000238. The molecule has 0 bridgehead atoms. The van der Waals surface area contributed by atoms with E-state index in [0.29, 0.717) is 0 Å². The zero-order valence-electron chi connectivity index (χ0n) is 23.1. The molecule has 2 aliphatic rings. The fraction of sp³-hybridized carbons (Fsp3) is 0.773. The zero-order chi connectivity index (χ0) is 26.0. The molecule has 0 aromatic carbocycles. The number of carbonyl (C=O) groups is 3. The number of likely N-dealkylation sites (tertiary alicyclic amines) is 2. The van der Waals surface area contributed by atoms with Gasteiger partial charge in [-0.2, -0.15) is 0 Å². The van der Waals surface area contributed by atoms with Crippen molar-refractivity contribution in [3.63, 3.8) is 0 Å². The molecule has 2 fully saturated rings. The minimum Gasteiger partial charge on any atom is -1.00 e. The molecule has 2 rings (SSSR count). The minimum absolute atomic E-state index is 0. The van der Waals surface area contributed by atoms with Gasteiger partial charge in [-0.05, 0) is 48.5 Å². The van der Waals surface area contributed by atoms with Crippen LogP contribution in [0.1, 0.15) is 49.9 Å². The Morgan fingerprint density at radius 1 is 1.00 bits per heavy atom. The Hall–Kier alpha value is -1.83. The second kappa shape index (κ2) is 16.8. The molecule has 0 spiro atoms. The predicted octanol–water partition coefficient (Wildman–Crippen LogP) is -1.29. The van der Waals surface area contributed by atoms with Crippen LogP contribution in [0.25, 0.3) is 9.69 Å². The van der Waals surface area contributed by atoms with Gasteiger partial charge in [0.1, 0.15) is 30.4 Å².